The number of carbonyl (C=O) groups excluding carboxylic acids is 2. The Labute approximate surface area is 163 Å². The molecule has 1 aliphatic rings. The van der Waals surface area contributed by atoms with Gasteiger partial charge in [-0.1, -0.05) is 11.6 Å². The number of nitrogens with zero attached hydrogens (tertiary/aromatic N) is 1. The van der Waals surface area contributed by atoms with Crippen molar-refractivity contribution in [1.82, 2.24) is 5.32 Å². The van der Waals surface area contributed by atoms with Crippen LogP contribution in [0.2, 0.25) is 5.02 Å². The predicted molar refractivity (Wildman–Crippen MR) is 103 cm³/mol. The van der Waals surface area contributed by atoms with E-state index in [-0.39, 0.29) is 24.3 Å². The summed E-state index contributed by atoms with van der Waals surface area (Å²) in [5, 5.41) is 3.46. The van der Waals surface area contributed by atoms with Crippen molar-refractivity contribution in [3.05, 3.63) is 53.6 Å². The molecule has 0 radical (unpaired) electrons. The molecule has 1 N–H and O–H groups in total. The first-order chi connectivity index (χ1) is 13.0. The molecule has 27 heavy (non-hydrogen) atoms. The maximum Gasteiger partial charge on any atom is 0.257 e. The summed E-state index contributed by atoms with van der Waals surface area (Å²) in [6.45, 7) is 0.925. The Kier molecular flexibility index (Phi) is 6.19. The Bertz CT molecular complexity index is 793. The van der Waals surface area contributed by atoms with Crippen molar-refractivity contribution in [2.45, 2.75) is 6.42 Å². The Balaban J connectivity index is 1.43. The lowest BCUT2D eigenvalue weighted by molar-refractivity contribution is -0.123. The van der Waals surface area contributed by atoms with Gasteiger partial charge in [-0.25, -0.2) is 0 Å². The summed E-state index contributed by atoms with van der Waals surface area (Å²) in [4.78, 5) is 25.9. The topological polar surface area (TPSA) is 67.9 Å². The summed E-state index contributed by atoms with van der Waals surface area (Å²) in [5.74, 6) is 1.21. The molecule has 1 unspecified atom stereocenters. The van der Waals surface area contributed by atoms with Gasteiger partial charge in [-0.2, -0.15) is 0 Å². The van der Waals surface area contributed by atoms with Crippen molar-refractivity contribution in [3.8, 4) is 11.5 Å². The third-order valence-electron chi connectivity index (χ3n) is 4.36. The molecule has 1 heterocycles. The summed E-state index contributed by atoms with van der Waals surface area (Å²) in [5.41, 5.74) is 0.820. The Morgan fingerprint density at radius 3 is 2.48 bits per heavy atom. The third kappa shape index (κ3) is 5.14. The second-order valence-corrected chi connectivity index (χ2v) is 6.76. The summed E-state index contributed by atoms with van der Waals surface area (Å²) in [7, 11) is 1.59. The molecule has 3 rings (SSSR count). The maximum absolute atomic E-state index is 12.2. The number of nitrogens with one attached hydrogen (secondary N) is 1. The molecule has 1 aliphatic heterocycles. The van der Waals surface area contributed by atoms with Crippen LogP contribution in [0.4, 0.5) is 5.69 Å². The number of carbonyl (C=O) groups is 2. The largest absolute Gasteiger partial charge is 0.497 e. The number of hydrogen-bond acceptors (Lipinski definition) is 4. The van der Waals surface area contributed by atoms with Crippen LogP contribution in [0.3, 0.4) is 0 Å². The minimum atomic E-state index is -0.219. The van der Waals surface area contributed by atoms with Gasteiger partial charge < -0.3 is 19.7 Å². The van der Waals surface area contributed by atoms with Crippen LogP contribution in [0.5, 0.6) is 11.5 Å². The highest BCUT2D eigenvalue weighted by Crippen LogP contribution is 2.26. The molecule has 7 heteroatoms. The van der Waals surface area contributed by atoms with Gasteiger partial charge in [0.05, 0.1) is 7.11 Å². The molecule has 0 aliphatic carbocycles. The normalized spacial score (nSPS) is 16.3. The molecule has 1 saturated heterocycles. The van der Waals surface area contributed by atoms with Crippen molar-refractivity contribution in [1.29, 1.82) is 0 Å². The molecular formula is C20H21ClN2O4. The fraction of sp³-hybridized carbons (Fsp3) is 0.300. The van der Waals surface area contributed by atoms with Crippen molar-refractivity contribution in [3.63, 3.8) is 0 Å². The zero-order valence-electron chi connectivity index (χ0n) is 15.0. The number of halogens is 1. The van der Waals surface area contributed by atoms with E-state index in [1.54, 1.807) is 48.4 Å². The van der Waals surface area contributed by atoms with Gasteiger partial charge in [0.1, 0.15) is 11.5 Å². The van der Waals surface area contributed by atoms with Crippen LogP contribution in [0.1, 0.15) is 6.42 Å². The van der Waals surface area contributed by atoms with E-state index in [0.29, 0.717) is 30.3 Å². The minimum Gasteiger partial charge on any atom is -0.497 e. The highest BCUT2D eigenvalue weighted by atomic mass is 35.5. The van der Waals surface area contributed by atoms with Crippen molar-refractivity contribution in [2.75, 3.05) is 31.7 Å². The second-order valence-electron chi connectivity index (χ2n) is 6.32. The Hall–Kier alpha value is -2.73. The van der Waals surface area contributed by atoms with Crippen LogP contribution >= 0.6 is 11.6 Å². The molecule has 2 amide bonds. The standard InChI is InChI=1S/C20H21ClN2O4/c1-26-17-6-8-18(9-7-17)27-13-19(24)22-11-14-10-20(25)23(12-14)16-4-2-15(21)3-5-16/h2-9,14H,10-13H2,1H3,(H,22,24). The van der Waals surface area contributed by atoms with Gasteiger partial charge in [-0.05, 0) is 48.5 Å². The average molecular weight is 389 g/mol. The first-order valence-electron chi connectivity index (χ1n) is 8.64. The van der Waals surface area contributed by atoms with Crippen molar-refractivity contribution < 1.29 is 19.1 Å². The van der Waals surface area contributed by atoms with E-state index in [0.717, 1.165) is 11.4 Å². The van der Waals surface area contributed by atoms with Gasteiger partial charge in [0.2, 0.25) is 5.91 Å². The Morgan fingerprint density at radius 2 is 1.81 bits per heavy atom. The predicted octanol–water partition coefficient (Wildman–Crippen LogP) is 2.90. The molecule has 0 spiro atoms. The summed E-state index contributed by atoms with van der Waals surface area (Å²) in [6, 6.07) is 14.2. The van der Waals surface area contributed by atoms with E-state index >= 15 is 0 Å². The first kappa shape index (κ1) is 19.0. The van der Waals surface area contributed by atoms with Crippen LogP contribution in [0.25, 0.3) is 0 Å². The molecule has 1 atom stereocenters. The SMILES string of the molecule is COc1ccc(OCC(=O)NCC2CC(=O)N(c3ccc(Cl)cc3)C2)cc1. The van der Waals surface area contributed by atoms with Gasteiger partial charge in [0, 0.05) is 36.1 Å². The lowest BCUT2D eigenvalue weighted by Crippen LogP contribution is -2.34. The monoisotopic (exact) mass is 388 g/mol. The minimum absolute atomic E-state index is 0.0473. The van der Waals surface area contributed by atoms with E-state index in [9.17, 15) is 9.59 Å². The molecule has 6 nitrogen and oxygen atoms in total. The van der Waals surface area contributed by atoms with Gasteiger partial charge in [-0.3, -0.25) is 9.59 Å². The summed E-state index contributed by atoms with van der Waals surface area (Å²) >= 11 is 5.89. The summed E-state index contributed by atoms with van der Waals surface area (Å²) in [6.07, 6.45) is 0.405. The quantitative estimate of drug-likeness (QED) is 0.792. The smallest absolute Gasteiger partial charge is 0.257 e. The number of amides is 2. The van der Waals surface area contributed by atoms with E-state index in [4.69, 9.17) is 21.1 Å². The van der Waals surface area contributed by atoms with Crippen LogP contribution in [0, 0.1) is 5.92 Å². The highest BCUT2D eigenvalue weighted by Gasteiger charge is 2.30. The number of ether oxygens (including phenoxy) is 2. The fourth-order valence-corrected chi connectivity index (χ4v) is 3.04. The summed E-state index contributed by atoms with van der Waals surface area (Å²) < 4.78 is 10.5. The number of anilines is 1. The highest BCUT2D eigenvalue weighted by molar-refractivity contribution is 6.30. The van der Waals surface area contributed by atoms with E-state index in [2.05, 4.69) is 5.32 Å². The number of rotatable bonds is 7. The molecule has 142 valence electrons. The zero-order valence-corrected chi connectivity index (χ0v) is 15.7. The van der Waals surface area contributed by atoms with E-state index in [1.807, 2.05) is 12.1 Å². The van der Waals surface area contributed by atoms with Crippen molar-refractivity contribution >= 4 is 29.1 Å². The lowest BCUT2D eigenvalue weighted by Gasteiger charge is -2.17. The van der Waals surface area contributed by atoms with E-state index in [1.165, 1.54) is 0 Å². The Morgan fingerprint density at radius 1 is 1.15 bits per heavy atom. The van der Waals surface area contributed by atoms with Crippen LogP contribution < -0.4 is 19.7 Å². The van der Waals surface area contributed by atoms with Gasteiger partial charge >= 0.3 is 0 Å². The van der Waals surface area contributed by atoms with Crippen LogP contribution in [-0.2, 0) is 9.59 Å². The van der Waals surface area contributed by atoms with E-state index < -0.39 is 0 Å². The molecule has 0 aromatic heterocycles. The zero-order chi connectivity index (χ0) is 19.2. The first-order valence-corrected chi connectivity index (χ1v) is 9.02. The molecule has 2 aromatic rings. The van der Waals surface area contributed by atoms with Gasteiger partial charge in [0.25, 0.3) is 5.91 Å². The van der Waals surface area contributed by atoms with Gasteiger partial charge in [0.15, 0.2) is 6.61 Å². The van der Waals surface area contributed by atoms with Crippen LogP contribution in [0.15, 0.2) is 48.5 Å². The van der Waals surface area contributed by atoms with Gasteiger partial charge in [-0.15, -0.1) is 0 Å². The number of hydrogen-bond donors (Lipinski definition) is 1. The molecule has 0 bridgehead atoms. The third-order valence-corrected chi connectivity index (χ3v) is 4.61. The van der Waals surface area contributed by atoms with Crippen molar-refractivity contribution in [2.24, 2.45) is 5.92 Å². The number of benzene rings is 2. The average Bonchev–Trinajstić information content (AvgIpc) is 3.06. The fourth-order valence-electron chi connectivity index (χ4n) is 2.92. The lowest BCUT2D eigenvalue weighted by atomic mass is 10.1. The number of methoxy groups -OCH3 is 1. The molecule has 0 saturated carbocycles. The second kappa shape index (κ2) is 8.77. The molecule has 1 fully saturated rings. The maximum atomic E-state index is 12.2. The molecular weight excluding hydrogens is 368 g/mol. The molecule has 2 aromatic carbocycles. The van der Waals surface area contributed by atoms with Crippen LogP contribution in [-0.4, -0.2) is 38.6 Å².